The van der Waals surface area contributed by atoms with Gasteiger partial charge in [0, 0.05) is 13.1 Å². The summed E-state index contributed by atoms with van der Waals surface area (Å²) in [5.74, 6) is 0.586. The van der Waals surface area contributed by atoms with Crippen LogP contribution in [0.15, 0.2) is 18.3 Å². The van der Waals surface area contributed by atoms with E-state index >= 15 is 0 Å². The average molecular weight is 277 g/mol. The van der Waals surface area contributed by atoms with Gasteiger partial charge in [-0.2, -0.15) is 0 Å². The first-order valence-corrected chi connectivity index (χ1v) is 6.64. The number of pyridine rings is 1. The van der Waals surface area contributed by atoms with E-state index in [9.17, 15) is 9.59 Å². The molecule has 4 N–H and O–H groups in total. The van der Waals surface area contributed by atoms with E-state index in [1.807, 2.05) is 6.07 Å². The summed E-state index contributed by atoms with van der Waals surface area (Å²) in [6.07, 6.45) is 4.00. The maximum Gasteiger partial charge on any atom is 0.312 e. The number of nitrogens with one attached hydrogen (secondary N) is 2. The molecule has 20 heavy (non-hydrogen) atoms. The lowest BCUT2D eigenvalue weighted by atomic mass is 10.3. The maximum absolute atomic E-state index is 11.8. The number of primary amides is 1. The minimum atomic E-state index is -0.727. The van der Waals surface area contributed by atoms with Crippen molar-refractivity contribution in [1.82, 2.24) is 10.3 Å². The van der Waals surface area contributed by atoms with E-state index in [1.165, 1.54) is 12.8 Å². The van der Waals surface area contributed by atoms with Gasteiger partial charge in [-0.1, -0.05) is 0 Å². The molecule has 1 atom stereocenters. The number of carbonyl (C=O) groups excluding carboxylic acids is 2. The van der Waals surface area contributed by atoms with Crippen LogP contribution in [0.4, 0.5) is 16.3 Å². The summed E-state index contributed by atoms with van der Waals surface area (Å²) in [6, 6.07) is 2.27. The molecule has 2 rings (SSSR count). The van der Waals surface area contributed by atoms with E-state index in [4.69, 9.17) is 5.73 Å². The van der Waals surface area contributed by atoms with Gasteiger partial charge in [0.05, 0.1) is 11.9 Å². The summed E-state index contributed by atoms with van der Waals surface area (Å²) in [7, 11) is 0. The largest absolute Gasteiger partial charge is 0.357 e. The number of hydrogen-bond donors (Lipinski definition) is 3. The topological polar surface area (TPSA) is 100 Å². The van der Waals surface area contributed by atoms with Crippen LogP contribution < -0.4 is 21.3 Å². The van der Waals surface area contributed by atoms with Crippen LogP contribution in [0.2, 0.25) is 0 Å². The second kappa shape index (κ2) is 6.23. The second-order valence-electron chi connectivity index (χ2n) is 4.82. The normalized spacial score (nSPS) is 15.8. The van der Waals surface area contributed by atoms with Crippen molar-refractivity contribution in [2.75, 3.05) is 23.3 Å². The molecule has 108 valence electrons. The highest BCUT2D eigenvalue weighted by Gasteiger charge is 2.15. The quantitative estimate of drug-likeness (QED) is 0.753. The third-order valence-electron chi connectivity index (χ3n) is 3.20. The Morgan fingerprint density at radius 3 is 2.60 bits per heavy atom. The standard InChI is InChI=1S/C13H19N5O2/c1-9(16-13(14)20)12(19)17-10-4-5-11(15-8-10)18-6-2-3-7-18/h4-5,8-9H,2-3,6-7H2,1H3,(H,17,19)(H3,14,16,20). The number of carbonyl (C=O) groups is 2. The molecule has 0 saturated carbocycles. The molecule has 0 radical (unpaired) electrons. The van der Waals surface area contributed by atoms with Crippen molar-refractivity contribution < 1.29 is 9.59 Å². The zero-order chi connectivity index (χ0) is 14.5. The first kappa shape index (κ1) is 14.1. The van der Waals surface area contributed by atoms with E-state index < -0.39 is 12.1 Å². The van der Waals surface area contributed by atoms with Crippen molar-refractivity contribution in [2.45, 2.75) is 25.8 Å². The molecule has 1 unspecified atom stereocenters. The zero-order valence-corrected chi connectivity index (χ0v) is 11.4. The SMILES string of the molecule is CC(NC(N)=O)C(=O)Nc1ccc(N2CCCC2)nc1. The molecule has 0 spiro atoms. The summed E-state index contributed by atoms with van der Waals surface area (Å²) in [4.78, 5) is 29.0. The number of nitrogens with zero attached hydrogens (tertiary/aromatic N) is 2. The van der Waals surface area contributed by atoms with E-state index in [1.54, 1.807) is 19.2 Å². The van der Waals surface area contributed by atoms with Crippen LogP contribution in [0, 0.1) is 0 Å². The predicted molar refractivity (Wildman–Crippen MR) is 76.5 cm³/mol. The van der Waals surface area contributed by atoms with Crippen molar-refractivity contribution in [3.05, 3.63) is 18.3 Å². The number of aromatic nitrogens is 1. The average Bonchev–Trinajstić information content (AvgIpc) is 2.92. The van der Waals surface area contributed by atoms with Gasteiger partial charge in [-0.25, -0.2) is 9.78 Å². The number of urea groups is 1. The van der Waals surface area contributed by atoms with Crippen LogP contribution in [-0.4, -0.2) is 36.1 Å². The maximum atomic E-state index is 11.8. The molecule has 1 saturated heterocycles. The van der Waals surface area contributed by atoms with Gasteiger partial charge in [0.25, 0.3) is 0 Å². The minimum Gasteiger partial charge on any atom is -0.357 e. The van der Waals surface area contributed by atoms with Crippen molar-refractivity contribution in [3.63, 3.8) is 0 Å². The van der Waals surface area contributed by atoms with Gasteiger partial charge < -0.3 is 21.3 Å². The Bertz CT molecular complexity index is 482. The van der Waals surface area contributed by atoms with Crippen LogP contribution in [0.5, 0.6) is 0 Å². The molecule has 0 aliphatic carbocycles. The van der Waals surface area contributed by atoms with Crippen LogP contribution >= 0.6 is 0 Å². The third-order valence-corrected chi connectivity index (χ3v) is 3.20. The predicted octanol–water partition coefficient (Wildman–Crippen LogP) is 0.677. The van der Waals surface area contributed by atoms with Crippen LogP contribution in [-0.2, 0) is 4.79 Å². The molecule has 7 nitrogen and oxygen atoms in total. The van der Waals surface area contributed by atoms with Crippen LogP contribution in [0.25, 0.3) is 0 Å². The number of hydrogen-bond acceptors (Lipinski definition) is 4. The van der Waals surface area contributed by atoms with Crippen molar-refractivity contribution in [3.8, 4) is 0 Å². The fourth-order valence-corrected chi connectivity index (χ4v) is 2.12. The second-order valence-corrected chi connectivity index (χ2v) is 4.82. The van der Waals surface area contributed by atoms with Gasteiger partial charge in [-0.3, -0.25) is 4.79 Å². The number of anilines is 2. The number of amides is 3. The summed E-state index contributed by atoms with van der Waals surface area (Å²) in [5, 5.41) is 4.99. The van der Waals surface area contributed by atoms with E-state index in [0.717, 1.165) is 18.9 Å². The Morgan fingerprint density at radius 1 is 1.35 bits per heavy atom. The molecule has 1 fully saturated rings. The number of nitrogens with two attached hydrogens (primary N) is 1. The highest BCUT2D eigenvalue weighted by molar-refractivity contribution is 5.96. The van der Waals surface area contributed by atoms with Gasteiger partial charge in [-0.15, -0.1) is 0 Å². The van der Waals surface area contributed by atoms with E-state index in [2.05, 4.69) is 20.5 Å². The van der Waals surface area contributed by atoms with Gasteiger partial charge in [-0.05, 0) is 31.9 Å². The lowest BCUT2D eigenvalue weighted by molar-refractivity contribution is -0.117. The molecule has 2 heterocycles. The number of rotatable bonds is 4. The van der Waals surface area contributed by atoms with Crippen molar-refractivity contribution in [1.29, 1.82) is 0 Å². The molecule has 7 heteroatoms. The Labute approximate surface area is 117 Å². The monoisotopic (exact) mass is 277 g/mol. The zero-order valence-electron chi connectivity index (χ0n) is 11.4. The Hall–Kier alpha value is -2.31. The minimum absolute atomic E-state index is 0.334. The van der Waals surface area contributed by atoms with Crippen LogP contribution in [0.1, 0.15) is 19.8 Å². The third kappa shape index (κ3) is 3.59. The lowest BCUT2D eigenvalue weighted by Crippen LogP contribution is -2.44. The Morgan fingerprint density at radius 2 is 2.05 bits per heavy atom. The fraction of sp³-hybridized carbons (Fsp3) is 0.462. The highest BCUT2D eigenvalue weighted by Crippen LogP contribution is 2.19. The van der Waals surface area contributed by atoms with Gasteiger partial charge in [0.15, 0.2) is 0 Å². The van der Waals surface area contributed by atoms with Crippen LogP contribution in [0.3, 0.4) is 0 Å². The van der Waals surface area contributed by atoms with Gasteiger partial charge in [0.1, 0.15) is 11.9 Å². The van der Waals surface area contributed by atoms with E-state index in [0.29, 0.717) is 5.69 Å². The summed E-state index contributed by atoms with van der Waals surface area (Å²) < 4.78 is 0. The molecule has 1 aliphatic rings. The summed E-state index contributed by atoms with van der Waals surface area (Å²) in [5.41, 5.74) is 5.56. The molecular weight excluding hydrogens is 258 g/mol. The molecular formula is C13H19N5O2. The molecule has 0 bridgehead atoms. The smallest absolute Gasteiger partial charge is 0.312 e. The Kier molecular flexibility index (Phi) is 4.39. The van der Waals surface area contributed by atoms with E-state index in [-0.39, 0.29) is 5.91 Å². The highest BCUT2D eigenvalue weighted by atomic mass is 16.2. The molecule has 3 amide bonds. The van der Waals surface area contributed by atoms with Gasteiger partial charge in [0.2, 0.25) is 5.91 Å². The molecule has 1 aliphatic heterocycles. The summed E-state index contributed by atoms with van der Waals surface area (Å²) >= 11 is 0. The summed E-state index contributed by atoms with van der Waals surface area (Å²) in [6.45, 7) is 3.61. The molecule has 1 aromatic rings. The first-order chi connectivity index (χ1) is 9.56. The van der Waals surface area contributed by atoms with Crippen molar-refractivity contribution in [2.24, 2.45) is 5.73 Å². The Balaban J connectivity index is 1.93. The van der Waals surface area contributed by atoms with Gasteiger partial charge >= 0.3 is 6.03 Å². The fourth-order valence-electron chi connectivity index (χ4n) is 2.12. The molecule has 1 aromatic heterocycles. The first-order valence-electron chi connectivity index (χ1n) is 6.64. The molecule has 0 aromatic carbocycles. The van der Waals surface area contributed by atoms with Crippen molar-refractivity contribution >= 4 is 23.4 Å². The lowest BCUT2D eigenvalue weighted by Gasteiger charge is -2.17.